The summed E-state index contributed by atoms with van der Waals surface area (Å²) in [5.74, 6) is 0. The summed E-state index contributed by atoms with van der Waals surface area (Å²) in [5, 5.41) is 0. The van der Waals surface area contributed by atoms with E-state index in [0.29, 0.717) is 5.70 Å². The maximum absolute atomic E-state index is 5.39. The lowest BCUT2D eigenvalue weighted by Crippen LogP contribution is -1.95. The van der Waals surface area contributed by atoms with Gasteiger partial charge in [-0.1, -0.05) is 24.8 Å². The van der Waals surface area contributed by atoms with E-state index in [-0.39, 0.29) is 0 Å². The molecule has 42 valence electrons. The summed E-state index contributed by atoms with van der Waals surface area (Å²) in [6.45, 7) is 3.61. The molecular formula is C7H9N. The van der Waals surface area contributed by atoms with Crippen LogP contribution in [-0.4, -0.2) is 0 Å². The van der Waals surface area contributed by atoms with E-state index in [1.54, 1.807) is 0 Å². The first-order chi connectivity index (χ1) is 3.80. The van der Waals surface area contributed by atoms with Crippen molar-refractivity contribution in [2.24, 2.45) is 5.73 Å². The second-order valence-corrected chi connectivity index (χ2v) is 1.85. The van der Waals surface area contributed by atoms with E-state index >= 15 is 0 Å². The molecule has 0 atom stereocenters. The van der Waals surface area contributed by atoms with Crippen molar-refractivity contribution in [3.8, 4) is 0 Å². The molecule has 0 amide bonds. The van der Waals surface area contributed by atoms with E-state index in [2.05, 4.69) is 12.7 Å². The lowest BCUT2D eigenvalue weighted by atomic mass is 10.2. The molecule has 0 bridgehead atoms. The normalized spacial score (nSPS) is 16.2. The predicted molar refractivity (Wildman–Crippen MR) is 35.2 cm³/mol. The minimum Gasteiger partial charge on any atom is -0.399 e. The Balaban J connectivity index is 2.64. The van der Waals surface area contributed by atoms with Crippen LogP contribution in [0.2, 0.25) is 0 Å². The van der Waals surface area contributed by atoms with Crippen LogP contribution < -0.4 is 5.73 Å². The third kappa shape index (κ3) is 0.808. The SMILES string of the molecule is C=C(N)C1=CC=CC1. The van der Waals surface area contributed by atoms with Gasteiger partial charge in [-0.25, -0.2) is 0 Å². The molecule has 0 heterocycles. The Labute approximate surface area is 49.2 Å². The van der Waals surface area contributed by atoms with Crippen molar-refractivity contribution in [2.75, 3.05) is 0 Å². The van der Waals surface area contributed by atoms with Crippen LogP contribution in [-0.2, 0) is 0 Å². The molecule has 8 heavy (non-hydrogen) atoms. The Morgan fingerprint density at radius 1 is 1.75 bits per heavy atom. The fraction of sp³-hybridized carbons (Fsp3) is 0.143. The predicted octanol–water partition coefficient (Wildman–Crippen LogP) is 1.35. The average Bonchev–Trinajstić information content (AvgIpc) is 2.12. The van der Waals surface area contributed by atoms with Crippen molar-refractivity contribution in [2.45, 2.75) is 6.42 Å². The van der Waals surface area contributed by atoms with E-state index in [1.807, 2.05) is 12.2 Å². The number of hydrogen-bond acceptors (Lipinski definition) is 1. The first kappa shape index (κ1) is 5.16. The zero-order valence-electron chi connectivity index (χ0n) is 4.72. The highest BCUT2D eigenvalue weighted by Crippen LogP contribution is 2.13. The van der Waals surface area contributed by atoms with Gasteiger partial charge in [0.2, 0.25) is 0 Å². The molecule has 0 aliphatic heterocycles. The largest absolute Gasteiger partial charge is 0.399 e. The molecule has 0 saturated heterocycles. The van der Waals surface area contributed by atoms with Gasteiger partial charge in [-0.15, -0.1) is 0 Å². The average molecular weight is 107 g/mol. The fourth-order valence-corrected chi connectivity index (χ4v) is 0.685. The molecule has 1 aliphatic rings. The van der Waals surface area contributed by atoms with E-state index in [1.165, 1.54) is 0 Å². The van der Waals surface area contributed by atoms with Gasteiger partial charge < -0.3 is 5.73 Å². The highest BCUT2D eigenvalue weighted by molar-refractivity contribution is 5.35. The summed E-state index contributed by atoms with van der Waals surface area (Å²) in [7, 11) is 0. The molecule has 0 saturated carbocycles. The molecule has 0 aromatic carbocycles. The quantitative estimate of drug-likeness (QED) is 0.537. The zero-order chi connectivity index (χ0) is 5.98. The zero-order valence-corrected chi connectivity index (χ0v) is 4.72. The van der Waals surface area contributed by atoms with Crippen molar-refractivity contribution >= 4 is 0 Å². The van der Waals surface area contributed by atoms with Gasteiger partial charge in [0, 0.05) is 5.70 Å². The van der Waals surface area contributed by atoms with E-state index in [4.69, 9.17) is 5.73 Å². The molecule has 1 heteroatoms. The molecule has 0 fully saturated rings. The summed E-state index contributed by atoms with van der Waals surface area (Å²) in [6.07, 6.45) is 7.00. The van der Waals surface area contributed by atoms with Crippen LogP contribution >= 0.6 is 0 Å². The summed E-state index contributed by atoms with van der Waals surface area (Å²) in [4.78, 5) is 0. The minimum absolute atomic E-state index is 0.690. The van der Waals surface area contributed by atoms with Gasteiger partial charge in [0.15, 0.2) is 0 Å². The first-order valence-electron chi connectivity index (χ1n) is 2.61. The summed E-state index contributed by atoms with van der Waals surface area (Å²) < 4.78 is 0. The van der Waals surface area contributed by atoms with Gasteiger partial charge in [-0.2, -0.15) is 0 Å². The number of nitrogens with two attached hydrogens (primary N) is 1. The van der Waals surface area contributed by atoms with Crippen LogP contribution in [0.25, 0.3) is 0 Å². The number of rotatable bonds is 1. The van der Waals surface area contributed by atoms with Crippen molar-refractivity contribution < 1.29 is 0 Å². The van der Waals surface area contributed by atoms with Crippen LogP contribution in [0.4, 0.5) is 0 Å². The van der Waals surface area contributed by atoms with Crippen LogP contribution in [0.15, 0.2) is 36.1 Å². The van der Waals surface area contributed by atoms with Crippen molar-refractivity contribution in [3.05, 3.63) is 36.1 Å². The van der Waals surface area contributed by atoms with Crippen LogP contribution in [0, 0.1) is 0 Å². The summed E-state index contributed by atoms with van der Waals surface area (Å²) in [5.41, 5.74) is 7.23. The first-order valence-corrected chi connectivity index (χ1v) is 2.61. The molecule has 0 aromatic rings. The van der Waals surface area contributed by atoms with E-state index in [9.17, 15) is 0 Å². The Bertz CT molecular complexity index is 163. The maximum Gasteiger partial charge on any atom is 0.0276 e. The highest BCUT2D eigenvalue weighted by Gasteiger charge is 1.97. The maximum atomic E-state index is 5.39. The molecule has 1 rings (SSSR count). The smallest absolute Gasteiger partial charge is 0.0276 e. The summed E-state index contributed by atoms with van der Waals surface area (Å²) in [6, 6.07) is 0. The second kappa shape index (κ2) is 1.86. The lowest BCUT2D eigenvalue weighted by Gasteiger charge is -1.95. The Hall–Kier alpha value is -0.980. The van der Waals surface area contributed by atoms with Gasteiger partial charge >= 0.3 is 0 Å². The molecule has 0 aromatic heterocycles. The van der Waals surface area contributed by atoms with Crippen molar-refractivity contribution in [1.29, 1.82) is 0 Å². The third-order valence-corrected chi connectivity index (χ3v) is 1.18. The van der Waals surface area contributed by atoms with Gasteiger partial charge in [-0.3, -0.25) is 0 Å². The fourth-order valence-electron chi connectivity index (χ4n) is 0.685. The molecule has 1 nitrogen and oxygen atoms in total. The minimum atomic E-state index is 0.690. The Morgan fingerprint density at radius 2 is 2.50 bits per heavy atom. The lowest BCUT2D eigenvalue weighted by molar-refractivity contribution is 1.22. The molecule has 1 aliphatic carbocycles. The van der Waals surface area contributed by atoms with Crippen LogP contribution in [0.1, 0.15) is 6.42 Å². The Kier molecular flexibility index (Phi) is 1.20. The monoisotopic (exact) mass is 107 g/mol. The molecule has 0 unspecified atom stereocenters. The van der Waals surface area contributed by atoms with Crippen molar-refractivity contribution in [3.63, 3.8) is 0 Å². The molecule has 2 N–H and O–H groups in total. The van der Waals surface area contributed by atoms with Crippen LogP contribution in [0.5, 0.6) is 0 Å². The Morgan fingerprint density at radius 3 is 2.75 bits per heavy atom. The molecule has 0 spiro atoms. The van der Waals surface area contributed by atoms with E-state index in [0.717, 1.165) is 12.0 Å². The van der Waals surface area contributed by atoms with Gasteiger partial charge in [-0.05, 0) is 12.0 Å². The van der Waals surface area contributed by atoms with Crippen molar-refractivity contribution in [1.82, 2.24) is 0 Å². The molecule has 0 radical (unpaired) electrons. The standard InChI is InChI=1S/C7H9N/c1-6(8)7-4-2-3-5-7/h2-4H,1,5,8H2. The second-order valence-electron chi connectivity index (χ2n) is 1.85. The number of allylic oxidation sites excluding steroid dienone is 4. The highest BCUT2D eigenvalue weighted by atomic mass is 14.6. The number of hydrogen-bond donors (Lipinski definition) is 1. The van der Waals surface area contributed by atoms with E-state index < -0.39 is 0 Å². The topological polar surface area (TPSA) is 26.0 Å². The van der Waals surface area contributed by atoms with Crippen LogP contribution in [0.3, 0.4) is 0 Å². The van der Waals surface area contributed by atoms with Gasteiger partial charge in [0.25, 0.3) is 0 Å². The third-order valence-electron chi connectivity index (χ3n) is 1.18. The summed E-state index contributed by atoms with van der Waals surface area (Å²) >= 11 is 0. The molecular weight excluding hydrogens is 98.1 g/mol. The van der Waals surface area contributed by atoms with Gasteiger partial charge in [0.1, 0.15) is 0 Å². The van der Waals surface area contributed by atoms with Gasteiger partial charge in [0.05, 0.1) is 0 Å².